The molecule has 1 aromatic heterocycles. The van der Waals surface area contributed by atoms with Crippen LogP contribution in [-0.4, -0.2) is 35.3 Å². The number of carbonyl (C=O) groups is 1. The fraction of sp³-hybridized carbons (Fsp3) is 0.192. The summed E-state index contributed by atoms with van der Waals surface area (Å²) < 4.78 is 5.79. The normalized spacial score (nSPS) is 13.5. The maximum absolute atomic E-state index is 13.3. The minimum atomic E-state index is -0.421. The molecule has 5 rings (SSSR count). The molecule has 1 atom stereocenters. The molecule has 0 spiro atoms. The third-order valence-corrected chi connectivity index (χ3v) is 5.95. The monoisotopic (exact) mass is 427 g/mol. The number of para-hydroxylation sites is 1. The molecule has 3 aromatic carbocycles. The van der Waals surface area contributed by atoms with Gasteiger partial charge in [0.25, 0.3) is 5.91 Å². The molecule has 0 aliphatic carbocycles. The highest BCUT2D eigenvalue weighted by molar-refractivity contribution is 5.99. The average molecular weight is 428 g/mol. The van der Waals surface area contributed by atoms with Gasteiger partial charge in [-0.05, 0) is 59.0 Å². The van der Waals surface area contributed by atoms with Gasteiger partial charge < -0.3 is 25.9 Å². The highest BCUT2D eigenvalue weighted by atomic mass is 16.5. The topological polar surface area (TPSA) is 100 Å². The van der Waals surface area contributed by atoms with Crippen molar-refractivity contribution in [2.24, 2.45) is 0 Å². The van der Waals surface area contributed by atoms with E-state index in [0.29, 0.717) is 30.0 Å². The molecule has 0 unspecified atom stereocenters. The molecule has 5 N–H and O–H groups in total. The zero-order chi connectivity index (χ0) is 22.1. The second-order valence-electron chi connectivity index (χ2n) is 8.15. The lowest BCUT2D eigenvalue weighted by Crippen LogP contribution is -2.39. The predicted octanol–water partition coefficient (Wildman–Crippen LogP) is 3.69. The maximum Gasteiger partial charge on any atom is 0.255 e. The molecular formula is C26H25N3O3. The van der Waals surface area contributed by atoms with E-state index in [2.05, 4.69) is 16.4 Å². The number of hydrogen-bond acceptors (Lipinski definition) is 4. The first-order valence-electron chi connectivity index (χ1n) is 10.7. The van der Waals surface area contributed by atoms with Crippen molar-refractivity contribution in [1.82, 2.24) is 10.3 Å². The Kier molecular flexibility index (Phi) is 5.29. The van der Waals surface area contributed by atoms with Gasteiger partial charge in [-0.3, -0.25) is 4.79 Å². The van der Waals surface area contributed by atoms with E-state index in [4.69, 9.17) is 10.5 Å². The highest BCUT2D eigenvalue weighted by Crippen LogP contribution is 2.35. The molecule has 6 heteroatoms. The molecule has 0 saturated carbocycles. The van der Waals surface area contributed by atoms with Crippen LogP contribution < -0.4 is 15.8 Å². The Morgan fingerprint density at radius 3 is 2.84 bits per heavy atom. The molecule has 1 aliphatic rings. The number of fused-ring (bicyclic) bond motifs is 2. The van der Waals surface area contributed by atoms with Gasteiger partial charge in [0.2, 0.25) is 0 Å². The van der Waals surface area contributed by atoms with Crippen molar-refractivity contribution >= 4 is 22.5 Å². The van der Waals surface area contributed by atoms with E-state index in [0.717, 1.165) is 39.6 Å². The number of nitrogen functional groups attached to an aromatic ring is 1. The number of aliphatic hydroxyl groups is 1. The van der Waals surface area contributed by atoms with Crippen LogP contribution in [0.3, 0.4) is 0 Å². The van der Waals surface area contributed by atoms with Crippen molar-refractivity contribution in [3.63, 3.8) is 0 Å². The van der Waals surface area contributed by atoms with Crippen LogP contribution in [0.15, 0.2) is 66.9 Å². The first-order valence-corrected chi connectivity index (χ1v) is 10.7. The third kappa shape index (κ3) is 3.81. The van der Waals surface area contributed by atoms with Crippen molar-refractivity contribution in [1.29, 1.82) is 0 Å². The Morgan fingerprint density at radius 2 is 2.00 bits per heavy atom. The van der Waals surface area contributed by atoms with Crippen LogP contribution in [0.2, 0.25) is 0 Å². The molecule has 1 amide bonds. The summed E-state index contributed by atoms with van der Waals surface area (Å²) in [6.45, 7) is 0.387. The third-order valence-electron chi connectivity index (χ3n) is 5.95. The second-order valence-corrected chi connectivity index (χ2v) is 8.15. The van der Waals surface area contributed by atoms with Gasteiger partial charge in [-0.1, -0.05) is 30.3 Å². The molecule has 6 nitrogen and oxygen atoms in total. The maximum atomic E-state index is 13.3. The summed E-state index contributed by atoms with van der Waals surface area (Å²) in [7, 11) is 0. The van der Waals surface area contributed by atoms with E-state index in [9.17, 15) is 9.90 Å². The lowest BCUT2D eigenvalue weighted by atomic mass is 9.97. The first-order chi connectivity index (χ1) is 15.6. The number of carbonyl (C=O) groups excluding carboxylic acids is 1. The molecular weight excluding hydrogens is 402 g/mol. The van der Waals surface area contributed by atoms with Gasteiger partial charge in [0.05, 0.1) is 24.8 Å². The zero-order valence-electron chi connectivity index (χ0n) is 17.6. The van der Waals surface area contributed by atoms with Crippen LogP contribution in [-0.2, 0) is 12.8 Å². The fourth-order valence-electron chi connectivity index (χ4n) is 4.35. The van der Waals surface area contributed by atoms with E-state index >= 15 is 0 Å². The largest absolute Gasteiger partial charge is 0.492 e. The number of nitrogens with one attached hydrogen (secondary N) is 2. The predicted molar refractivity (Wildman–Crippen MR) is 126 cm³/mol. The zero-order valence-corrected chi connectivity index (χ0v) is 17.6. The summed E-state index contributed by atoms with van der Waals surface area (Å²) >= 11 is 0. The molecule has 0 radical (unpaired) electrons. The van der Waals surface area contributed by atoms with Crippen molar-refractivity contribution in [3.8, 4) is 16.9 Å². The van der Waals surface area contributed by atoms with Gasteiger partial charge in [0.1, 0.15) is 5.75 Å². The van der Waals surface area contributed by atoms with E-state index in [1.165, 1.54) is 0 Å². The SMILES string of the molecule is Nc1cccc(-c2cc3c(c(C(=O)N[C@@H](CO)Cc4c[nH]c5ccccc45)c2)OCC3)c1. The van der Waals surface area contributed by atoms with Gasteiger partial charge in [-0.25, -0.2) is 0 Å². The summed E-state index contributed by atoms with van der Waals surface area (Å²) in [6.07, 6.45) is 3.20. The van der Waals surface area contributed by atoms with Gasteiger partial charge >= 0.3 is 0 Å². The van der Waals surface area contributed by atoms with Gasteiger partial charge in [-0.2, -0.15) is 0 Å². The highest BCUT2D eigenvalue weighted by Gasteiger charge is 2.24. The summed E-state index contributed by atoms with van der Waals surface area (Å²) in [5.41, 5.74) is 12.1. The van der Waals surface area contributed by atoms with E-state index in [1.807, 2.05) is 60.8 Å². The van der Waals surface area contributed by atoms with Gasteiger partial charge in [0, 0.05) is 29.2 Å². The summed E-state index contributed by atoms with van der Waals surface area (Å²) in [4.78, 5) is 16.5. The number of aromatic nitrogens is 1. The van der Waals surface area contributed by atoms with Crippen LogP contribution in [0.1, 0.15) is 21.5 Å². The number of benzene rings is 3. The molecule has 4 aromatic rings. The number of H-pyrrole nitrogens is 1. The van der Waals surface area contributed by atoms with Crippen molar-refractivity contribution in [3.05, 3.63) is 83.6 Å². The molecule has 2 heterocycles. The minimum Gasteiger partial charge on any atom is -0.492 e. The lowest BCUT2D eigenvalue weighted by Gasteiger charge is -2.18. The van der Waals surface area contributed by atoms with Crippen molar-refractivity contribution < 1.29 is 14.6 Å². The summed E-state index contributed by atoms with van der Waals surface area (Å²) in [5.74, 6) is 0.367. The number of hydrogen-bond donors (Lipinski definition) is 4. The van der Waals surface area contributed by atoms with Gasteiger partial charge in [-0.15, -0.1) is 0 Å². The number of aromatic amines is 1. The molecule has 162 valence electrons. The summed E-state index contributed by atoms with van der Waals surface area (Å²) in [6, 6.07) is 19.1. The first kappa shape index (κ1) is 20.2. The van der Waals surface area contributed by atoms with Gasteiger partial charge in [0.15, 0.2) is 0 Å². The van der Waals surface area contributed by atoms with Crippen molar-refractivity contribution in [2.45, 2.75) is 18.9 Å². The number of nitrogens with two attached hydrogens (primary N) is 1. The Bertz CT molecular complexity index is 1290. The Balaban J connectivity index is 1.43. The van der Waals surface area contributed by atoms with Crippen LogP contribution >= 0.6 is 0 Å². The standard InChI is InChI=1S/C26H25N3O3/c27-20-5-3-4-16(11-20)18-10-17-8-9-32-25(17)23(13-18)26(31)29-21(15-30)12-19-14-28-24-7-2-1-6-22(19)24/h1-7,10-11,13-14,21,28,30H,8-9,12,15,27H2,(H,29,31)/t21-/m1/s1. The molecule has 32 heavy (non-hydrogen) atoms. The van der Waals surface area contributed by atoms with E-state index < -0.39 is 6.04 Å². The number of ether oxygens (including phenoxy) is 1. The number of rotatable bonds is 6. The Hall–Kier alpha value is -3.77. The molecule has 0 fully saturated rings. The smallest absolute Gasteiger partial charge is 0.255 e. The number of aliphatic hydroxyl groups excluding tert-OH is 1. The van der Waals surface area contributed by atoms with Crippen LogP contribution in [0.5, 0.6) is 5.75 Å². The lowest BCUT2D eigenvalue weighted by molar-refractivity contribution is 0.0913. The quantitative estimate of drug-likeness (QED) is 0.353. The minimum absolute atomic E-state index is 0.163. The summed E-state index contributed by atoms with van der Waals surface area (Å²) in [5, 5.41) is 14.1. The Morgan fingerprint density at radius 1 is 1.12 bits per heavy atom. The number of anilines is 1. The number of amides is 1. The van der Waals surface area contributed by atoms with Crippen molar-refractivity contribution in [2.75, 3.05) is 18.9 Å². The van der Waals surface area contributed by atoms with E-state index in [1.54, 1.807) is 0 Å². The van der Waals surface area contributed by atoms with Crippen LogP contribution in [0.4, 0.5) is 5.69 Å². The molecule has 0 saturated heterocycles. The molecule has 1 aliphatic heterocycles. The fourth-order valence-corrected chi connectivity index (χ4v) is 4.35. The van der Waals surface area contributed by atoms with Crippen LogP contribution in [0.25, 0.3) is 22.0 Å². The Labute approximate surface area is 186 Å². The van der Waals surface area contributed by atoms with Crippen LogP contribution in [0, 0.1) is 0 Å². The second kappa shape index (κ2) is 8.40. The van der Waals surface area contributed by atoms with E-state index in [-0.39, 0.29) is 12.5 Å². The molecule has 0 bridgehead atoms. The average Bonchev–Trinajstić information content (AvgIpc) is 3.45.